The van der Waals surface area contributed by atoms with Crippen LogP contribution in [0.4, 0.5) is 4.79 Å². The van der Waals surface area contributed by atoms with Gasteiger partial charge in [0.1, 0.15) is 29.5 Å². The molecule has 10 nitrogen and oxygen atoms in total. The van der Waals surface area contributed by atoms with Crippen LogP contribution in [0.5, 0.6) is 17.2 Å². The van der Waals surface area contributed by atoms with Gasteiger partial charge in [0.25, 0.3) is 5.24 Å². The summed E-state index contributed by atoms with van der Waals surface area (Å²) in [5.74, 6) is 0.297. The Labute approximate surface area is 230 Å². The van der Waals surface area contributed by atoms with Crippen molar-refractivity contribution < 1.29 is 38.2 Å². The summed E-state index contributed by atoms with van der Waals surface area (Å²) in [7, 11) is 0. The van der Waals surface area contributed by atoms with Crippen LogP contribution in [0.25, 0.3) is 0 Å². The van der Waals surface area contributed by atoms with Crippen LogP contribution in [0.15, 0.2) is 29.4 Å². The first-order chi connectivity index (χ1) is 18.4. The Hall–Kier alpha value is -3.86. The zero-order valence-corrected chi connectivity index (χ0v) is 23.4. The molecule has 0 spiro atoms. The number of hydrogen-bond donors (Lipinski definition) is 1. The summed E-state index contributed by atoms with van der Waals surface area (Å²) in [5, 5.41) is 5.66. The normalized spacial score (nSPS) is 21.2. The van der Waals surface area contributed by atoms with E-state index in [1.807, 2.05) is 32.9 Å². The molecule has 2 atom stereocenters. The van der Waals surface area contributed by atoms with Crippen LogP contribution in [0.3, 0.4) is 0 Å². The third kappa shape index (κ3) is 6.25. The molecule has 2 aromatic rings. The van der Waals surface area contributed by atoms with E-state index in [9.17, 15) is 19.2 Å². The molecule has 2 amide bonds. The number of thioether (sulfide) groups is 1. The van der Waals surface area contributed by atoms with Crippen molar-refractivity contribution in [1.29, 1.82) is 0 Å². The van der Waals surface area contributed by atoms with Crippen LogP contribution < -0.4 is 19.5 Å². The average Bonchev–Trinajstić information content (AvgIpc) is 3.19. The van der Waals surface area contributed by atoms with Crippen LogP contribution in [-0.2, 0) is 25.6 Å². The first kappa shape index (κ1) is 28.2. The second-order valence-electron chi connectivity index (χ2n) is 9.87. The molecule has 0 saturated carbocycles. The zero-order valence-electron chi connectivity index (χ0n) is 22.6. The number of carbonyl (C=O) groups excluding carboxylic acids is 4. The van der Waals surface area contributed by atoms with Gasteiger partial charge >= 0.3 is 11.9 Å². The Kier molecular flexibility index (Phi) is 8.01. The summed E-state index contributed by atoms with van der Waals surface area (Å²) in [6.07, 6.45) is 0.694. The Morgan fingerprint density at radius 1 is 1.08 bits per heavy atom. The maximum Gasteiger partial charge on any atom is 0.331 e. The molecule has 0 aliphatic carbocycles. The number of rotatable bonds is 7. The molecule has 1 saturated heterocycles. The molecule has 39 heavy (non-hydrogen) atoms. The van der Waals surface area contributed by atoms with Gasteiger partial charge in [-0.2, -0.15) is 0 Å². The molecule has 0 radical (unpaired) electrons. The van der Waals surface area contributed by atoms with Crippen molar-refractivity contribution in [1.82, 2.24) is 5.32 Å². The van der Waals surface area contributed by atoms with Gasteiger partial charge in [0, 0.05) is 31.4 Å². The molecule has 2 aliphatic rings. The Balaban J connectivity index is 1.56. The van der Waals surface area contributed by atoms with Crippen molar-refractivity contribution in [3.8, 4) is 17.2 Å². The first-order valence-corrected chi connectivity index (χ1v) is 13.2. The molecule has 0 aromatic heterocycles. The summed E-state index contributed by atoms with van der Waals surface area (Å²) in [6.45, 7) is 10.2. The van der Waals surface area contributed by atoms with E-state index in [4.69, 9.17) is 19.0 Å². The standard InChI is InChI=1S/C28H30N2O8S/c1-14-15(2)25-23(16(3)24(14)36-17(4)31)21(30-38-18(5)32)12-28(6,37-25)13-35-20-9-7-19(8-10-20)11-22-26(33)29-27(34)39-22/h7-10,22H,11-13H2,1-6H3,(H,29,33,34)/b30-21-. The minimum absolute atomic E-state index is 0.156. The lowest BCUT2D eigenvalue weighted by Gasteiger charge is -2.38. The number of nitrogens with one attached hydrogen (secondary N) is 1. The number of amides is 2. The summed E-state index contributed by atoms with van der Waals surface area (Å²) >= 11 is 0.994. The molecule has 4 rings (SSSR count). The molecule has 1 N–H and O–H groups in total. The summed E-state index contributed by atoms with van der Waals surface area (Å²) in [6, 6.07) is 7.31. The van der Waals surface area contributed by atoms with Crippen LogP contribution in [0.2, 0.25) is 0 Å². The number of esters is 1. The largest absolute Gasteiger partial charge is 0.489 e. The van der Waals surface area contributed by atoms with E-state index in [-0.39, 0.29) is 24.2 Å². The topological polar surface area (TPSA) is 130 Å². The Morgan fingerprint density at radius 3 is 2.36 bits per heavy atom. The Bertz CT molecular complexity index is 1390. The molecule has 2 heterocycles. The minimum atomic E-state index is -0.865. The van der Waals surface area contributed by atoms with Gasteiger partial charge in [-0.15, -0.1) is 0 Å². The SMILES string of the molecule is CC(=O)O/N=C1/CC(C)(COc2ccc(CC3SC(=O)NC3=O)cc2)Oc2c(C)c(C)c(OC(C)=O)c(C)c21. The van der Waals surface area contributed by atoms with Crippen LogP contribution in [0.1, 0.15) is 55.0 Å². The molecule has 0 bridgehead atoms. The van der Waals surface area contributed by atoms with Crippen LogP contribution in [-0.4, -0.2) is 46.3 Å². The maximum atomic E-state index is 11.8. The van der Waals surface area contributed by atoms with Crippen molar-refractivity contribution in [3.63, 3.8) is 0 Å². The van der Waals surface area contributed by atoms with E-state index >= 15 is 0 Å². The quantitative estimate of drug-likeness (QED) is 0.230. The number of carbonyl (C=O) groups is 4. The fourth-order valence-corrected chi connectivity index (χ4v) is 5.43. The number of hydrogen-bond acceptors (Lipinski definition) is 10. The lowest BCUT2D eigenvalue weighted by Crippen LogP contribution is -2.45. The fraction of sp³-hybridized carbons (Fsp3) is 0.393. The number of ether oxygens (including phenoxy) is 3. The molecular weight excluding hydrogens is 524 g/mol. The molecule has 1 fully saturated rings. The van der Waals surface area contributed by atoms with Gasteiger partial charge in [-0.1, -0.05) is 29.1 Å². The third-order valence-corrected chi connectivity index (χ3v) is 7.53. The number of oxime groups is 1. The van der Waals surface area contributed by atoms with Crippen LogP contribution in [0, 0.1) is 20.8 Å². The second-order valence-corrected chi connectivity index (χ2v) is 11.0. The monoisotopic (exact) mass is 554 g/mol. The van der Waals surface area contributed by atoms with Crippen molar-refractivity contribution in [2.24, 2.45) is 5.16 Å². The van der Waals surface area contributed by atoms with Crippen molar-refractivity contribution >= 4 is 40.6 Å². The van der Waals surface area contributed by atoms with Gasteiger partial charge < -0.3 is 19.0 Å². The Morgan fingerprint density at radius 2 is 1.77 bits per heavy atom. The van der Waals surface area contributed by atoms with Gasteiger partial charge in [0.15, 0.2) is 0 Å². The average molecular weight is 555 g/mol. The first-order valence-electron chi connectivity index (χ1n) is 12.4. The number of imide groups is 1. The van der Waals surface area contributed by atoms with Crippen LogP contribution >= 0.6 is 11.8 Å². The van der Waals surface area contributed by atoms with E-state index in [2.05, 4.69) is 10.5 Å². The van der Waals surface area contributed by atoms with Gasteiger partial charge in [-0.25, -0.2) is 4.79 Å². The number of nitrogens with zero attached hydrogens (tertiary/aromatic N) is 1. The highest BCUT2D eigenvalue weighted by molar-refractivity contribution is 8.15. The molecule has 2 aromatic carbocycles. The fourth-order valence-electron chi connectivity index (χ4n) is 4.57. The van der Waals surface area contributed by atoms with Gasteiger partial charge in [0.05, 0.1) is 11.0 Å². The smallest absolute Gasteiger partial charge is 0.331 e. The highest BCUT2D eigenvalue weighted by Gasteiger charge is 2.40. The second kappa shape index (κ2) is 11.1. The molecule has 2 aliphatic heterocycles. The third-order valence-electron chi connectivity index (χ3n) is 6.55. The summed E-state index contributed by atoms with van der Waals surface area (Å²) < 4.78 is 18.1. The predicted molar refractivity (Wildman–Crippen MR) is 144 cm³/mol. The van der Waals surface area contributed by atoms with Crippen molar-refractivity contribution in [3.05, 3.63) is 52.1 Å². The van der Waals surface area contributed by atoms with Crippen molar-refractivity contribution in [2.45, 2.75) is 65.2 Å². The van der Waals surface area contributed by atoms with Gasteiger partial charge in [-0.05, 0) is 62.9 Å². The number of benzene rings is 2. The van der Waals surface area contributed by atoms with E-state index in [1.165, 1.54) is 13.8 Å². The number of fused-ring (bicyclic) bond motifs is 1. The van der Waals surface area contributed by atoms with E-state index in [0.717, 1.165) is 28.5 Å². The predicted octanol–water partition coefficient (Wildman–Crippen LogP) is 4.32. The lowest BCUT2D eigenvalue weighted by molar-refractivity contribution is -0.141. The van der Waals surface area contributed by atoms with E-state index in [0.29, 0.717) is 40.5 Å². The molecule has 206 valence electrons. The van der Waals surface area contributed by atoms with Gasteiger partial charge in [0.2, 0.25) is 5.91 Å². The zero-order chi connectivity index (χ0) is 28.5. The van der Waals surface area contributed by atoms with Crippen molar-refractivity contribution in [2.75, 3.05) is 6.61 Å². The summed E-state index contributed by atoms with van der Waals surface area (Å²) in [4.78, 5) is 51.6. The minimum Gasteiger partial charge on any atom is -0.489 e. The summed E-state index contributed by atoms with van der Waals surface area (Å²) in [5.41, 5.74) is 3.31. The maximum absolute atomic E-state index is 11.8. The highest BCUT2D eigenvalue weighted by atomic mass is 32.2. The molecule has 2 unspecified atom stereocenters. The molecular formula is C28H30N2O8S. The lowest BCUT2D eigenvalue weighted by atomic mass is 9.86. The van der Waals surface area contributed by atoms with E-state index < -0.39 is 22.8 Å². The van der Waals surface area contributed by atoms with Gasteiger partial charge in [-0.3, -0.25) is 19.7 Å². The highest BCUT2D eigenvalue weighted by Crippen LogP contribution is 2.44. The molecule has 11 heteroatoms. The van der Waals surface area contributed by atoms with E-state index in [1.54, 1.807) is 19.1 Å².